The number of aromatic nitrogens is 2. The van der Waals surface area contributed by atoms with E-state index in [1.165, 1.54) is 39.0 Å². The van der Waals surface area contributed by atoms with Crippen molar-refractivity contribution in [1.82, 2.24) is 9.97 Å². The lowest BCUT2D eigenvalue weighted by molar-refractivity contribution is 0.520. The highest BCUT2D eigenvalue weighted by Crippen LogP contribution is 2.52. The van der Waals surface area contributed by atoms with E-state index in [2.05, 4.69) is 70.7 Å². The molecule has 29 heavy (non-hydrogen) atoms. The van der Waals surface area contributed by atoms with Crippen LogP contribution in [0.1, 0.15) is 34.2 Å². The molecule has 2 heterocycles. The van der Waals surface area contributed by atoms with Crippen LogP contribution in [-0.4, -0.2) is 9.97 Å². The zero-order valence-electron chi connectivity index (χ0n) is 16.3. The summed E-state index contributed by atoms with van der Waals surface area (Å²) in [6, 6.07) is 15.6. The molecule has 0 aliphatic heterocycles. The van der Waals surface area contributed by atoms with Gasteiger partial charge in [0.2, 0.25) is 0 Å². The standard InChI is InChI=1S/C27H22N2/c1-3-21-15-22-4-2-6-24-26(22)25(21)23(5-1)18-27(24,16-19-7-11-28-12-8-19)17-20-9-13-29-14-10-20/h1-2,4-14,18H,3,15-17H2. The topological polar surface area (TPSA) is 25.8 Å². The van der Waals surface area contributed by atoms with Crippen molar-refractivity contribution in [2.75, 3.05) is 0 Å². The molecule has 3 aliphatic rings. The minimum Gasteiger partial charge on any atom is -0.265 e. The molecule has 1 aromatic carbocycles. The highest BCUT2D eigenvalue weighted by molar-refractivity contribution is 5.94. The number of hydrogen-bond acceptors (Lipinski definition) is 2. The maximum Gasteiger partial charge on any atom is 0.0270 e. The predicted octanol–water partition coefficient (Wildman–Crippen LogP) is 5.41. The Bertz CT molecular complexity index is 1140. The summed E-state index contributed by atoms with van der Waals surface area (Å²) < 4.78 is 0. The minimum absolute atomic E-state index is 0.0794. The fraction of sp³-hybridized carbons (Fsp3) is 0.185. The third-order valence-electron chi connectivity index (χ3n) is 6.61. The average Bonchev–Trinajstić information content (AvgIpc) is 3.14. The van der Waals surface area contributed by atoms with Gasteiger partial charge in [-0.3, -0.25) is 9.97 Å². The Morgan fingerprint density at radius 2 is 1.52 bits per heavy atom. The Kier molecular flexibility index (Phi) is 3.67. The van der Waals surface area contributed by atoms with Crippen molar-refractivity contribution in [1.29, 1.82) is 0 Å². The highest BCUT2D eigenvalue weighted by atomic mass is 14.6. The smallest absolute Gasteiger partial charge is 0.0270 e. The molecule has 0 amide bonds. The van der Waals surface area contributed by atoms with Crippen LogP contribution in [0.25, 0.3) is 5.57 Å². The summed E-state index contributed by atoms with van der Waals surface area (Å²) in [7, 11) is 0. The van der Waals surface area contributed by atoms with E-state index in [1.807, 2.05) is 24.8 Å². The fourth-order valence-electron chi connectivity index (χ4n) is 5.47. The van der Waals surface area contributed by atoms with Gasteiger partial charge in [0.1, 0.15) is 0 Å². The van der Waals surface area contributed by atoms with Gasteiger partial charge in [-0.2, -0.15) is 0 Å². The number of allylic oxidation sites excluding steroid dienone is 6. The molecule has 3 aromatic rings. The number of benzene rings is 1. The van der Waals surface area contributed by atoms with E-state index in [0.29, 0.717) is 0 Å². The van der Waals surface area contributed by atoms with Crippen molar-refractivity contribution < 1.29 is 0 Å². The summed E-state index contributed by atoms with van der Waals surface area (Å²) >= 11 is 0. The van der Waals surface area contributed by atoms with Gasteiger partial charge in [0.15, 0.2) is 0 Å². The van der Waals surface area contributed by atoms with E-state index >= 15 is 0 Å². The first-order chi connectivity index (χ1) is 14.3. The van der Waals surface area contributed by atoms with Gasteiger partial charge in [0, 0.05) is 30.2 Å². The van der Waals surface area contributed by atoms with Crippen molar-refractivity contribution in [3.8, 4) is 0 Å². The van der Waals surface area contributed by atoms with Gasteiger partial charge in [0.25, 0.3) is 0 Å². The Labute approximate surface area is 171 Å². The fourth-order valence-corrected chi connectivity index (χ4v) is 5.47. The summed E-state index contributed by atoms with van der Waals surface area (Å²) in [4.78, 5) is 8.47. The molecule has 3 aliphatic carbocycles. The monoisotopic (exact) mass is 374 g/mol. The molecule has 0 radical (unpaired) electrons. The van der Waals surface area contributed by atoms with E-state index < -0.39 is 0 Å². The average molecular weight is 374 g/mol. The van der Waals surface area contributed by atoms with Crippen molar-refractivity contribution in [3.05, 3.63) is 124 Å². The van der Waals surface area contributed by atoms with E-state index in [1.54, 1.807) is 5.57 Å². The molecular formula is C27H22N2. The first-order valence-corrected chi connectivity index (χ1v) is 10.3. The Balaban J connectivity index is 1.59. The van der Waals surface area contributed by atoms with Crippen LogP contribution in [0.15, 0.2) is 96.6 Å². The molecular weight excluding hydrogens is 352 g/mol. The van der Waals surface area contributed by atoms with Crippen molar-refractivity contribution in [2.45, 2.75) is 31.1 Å². The van der Waals surface area contributed by atoms with Gasteiger partial charge in [-0.15, -0.1) is 0 Å². The van der Waals surface area contributed by atoms with Crippen LogP contribution in [0.3, 0.4) is 0 Å². The van der Waals surface area contributed by atoms with Crippen LogP contribution in [0, 0.1) is 0 Å². The molecule has 2 nitrogen and oxygen atoms in total. The molecule has 0 fully saturated rings. The predicted molar refractivity (Wildman–Crippen MR) is 116 cm³/mol. The van der Waals surface area contributed by atoms with Crippen molar-refractivity contribution >= 4 is 5.57 Å². The van der Waals surface area contributed by atoms with Crippen LogP contribution >= 0.6 is 0 Å². The van der Waals surface area contributed by atoms with Gasteiger partial charge in [0.05, 0.1) is 0 Å². The minimum atomic E-state index is -0.0794. The van der Waals surface area contributed by atoms with Gasteiger partial charge in [-0.05, 0) is 88.9 Å². The van der Waals surface area contributed by atoms with Gasteiger partial charge >= 0.3 is 0 Å². The lowest BCUT2D eigenvalue weighted by Gasteiger charge is -2.39. The molecule has 6 rings (SSSR count). The zero-order chi connectivity index (χ0) is 19.3. The summed E-state index contributed by atoms with van der Waals surface area (Å²) in [6.07, 6.45) is 19.0. The van der Waals surface area contributed by atoms with Crippen LogP contribution in [0.4, 0.5) is 0 Å². The molecule has 0 N–H and O–H groups in total. The lowest BCUT2D eigenvalue weighted by Crippen LogP contribution is -2.34. The van der Waals surface area contributed by atoms with E-state index in [-0.39, 0.29) is 5.41 Å². The third kappa shape index (κ3) is 2.63. The van der Waals surface area contributed by atoms with Crippen LogP contribution in [-0.2, 0) is 24.7 Å². The number of hydrogen-bond donors (Lipinski definition) is 0. The zero-order valence-corrected chi connectivity index (χ0v) is 16.3. The number of nitrogens with zero attached hydrogens (tertiary/aromatic N) is 2. The molecule has 0 unspecified atom stereocenters. The molecule has 0 spiro atoms. The maximum absolute atomic E-state index is 4.23. The SMILES string of the molecule is C1=CC2=CC(Cc3ccncc3)(Cc3ccncc3)c3cccc4c3C2=C(C1)C4. The Morgan fingerprint density at radius 3 is 2.21 bits per heavy atom. The third-order valence-corrected chi connectivity index (χ3v) is 6.61. The maximum atomic E-state index is 4.23. The Hall–Kier alpha value is -3.26. The van der Waals surface area contributed by atoms with Crippen LogP contribution < -0.4 is 0 Å². The molecule has 140 valence electrons. The summed E-state index contributed by atoms with van der Waals surface area (Å²) in [5.74, 6) is 0. The summed E-state index contributed by atoms with van der Waals surface area (Å²) in [6.45, 7) is 0. The highest BCUT2D eigenvalue weighted by Gasteiger charge is 2.41. The number of pyridine rings is 2. The quantitative estimate of drug-likeness (QED) is 0.610. The van der Waals surface area contributed by atoms with Gasteiger partial charge < -0.3 is 0 Å². The molecule has 0 bridgehead atoms. The van der Waals surface area contributed by atoms with Crippen LogP contribution in [0.2, 0.25) is 0 Å². The first-order valence-electron chi connectivity index (χ1n) is 10.3. The van der Waals surface area contributed by atoms with E-state index in [4.69, 9.17) is 0 Å². The van der Waals surface area contributed by atoms with Crippen LogP contribution in [0.5, 0.6) is 0 Å². The molecule has 0 atom stereocenters. The van der Waals surface area contributed by atoms with Crippen molar-refractivity contribution in [2.24, 2.45) is 0 Å². The van der Waals surface area contributed by atoms with Gasteiger partial charge in [-0.25, -0.2) is 0 Å². The molecule has 0 saturated heterocycles. The molecule has 2 heteroatoms. The van der Waals surface area contributed by atoms with Gasteiger partial charge in [-0.1, -0.05) is 42.0 Å². The largest absolute Gasteiger partial charge is 0.265 e. The Morgan fingerprint density at radius 1 is 0.828 bits per heavy atom. The summed E-state index contributed by atoms with van der Waals surface area (Å²) in [5.41, 5.74) is 11.6. The second-order valence-corrected chi connectivity index (χ2v) is 8.42. The number of rotatable bonds is 4. The van der Waals surface area contributed by atoms with E-state index in [0.717, 1.165) is 25.7 Å². The normalized spacial score (nSPS) is 17.9. The lowest BCUT2D eigenvalue weighted by atomic mass is 9.64. The van der Waals surface area contributed by atoms with E-state index in [9.17, 15) is 0 Å². The molecule has 0 saturated carbocycles. The first kappa shape index (κ1) is 16.7. The summed E-state index contributed by atoms with van der Waals surface area (Å²) in [5, 5.41) is 0. The molecule has 2 aromatic heterocycles. The van der Waals surface area contributed by atoms with Crippen molar-refractivity contribution in [3.63, 3.8) is 0 Å². The second kappa shape index (κ2) is 6.38. The second-order valence-electron chi connectivity index (χ2n) is 8.42.